The first kappa shape index (κ1) is 22.7. The van der Waals surface area contributed by atoms with Gasteiger partial charge in [-0.1, -0.05) is 23.8 Å². The zero-order valence-corrected chi connectivity index (χ0v) is 19.0. The molecule has 0 bridgehead atoms. The Morgan fingerprint density at radius 3 is 2.06 bits per heavy atom. The Balaban J connectivity index is 1.63. The maximum Gasteiger partial charge on any atom is 0.226 e. The molecule has 1 saturated heterocycles. The van der Waals surface area contributed by atoms with Crippen LogP contribution in [0.1, 0.15) is 39.9 Å². The Morgan fingerprint density at radius 1 is 0.935 bits per heavy atom. The first-order valence-electron chi connectivity index (χ1n) is 10.6. The molecule has 0 unspecified atom stereocenters. The van der Waals surface area contributed by atoms with E-state index in [0.717, 1.165) is 22.3 Å². The maximum atomic E-state index is 13.0. The van der Waals surface area contributed by atoms with Gasteiger partial charge in [0.2, 0.25) is 11.7 Å². The molecule has 31 heavy (non-hydrogen) atoms. The molecule has 1 aliphatic heterocycles. The minimum absolute atomic E-state index is 0.0340. The van der Waals surface area contributed by atoms with Crippen LogP contribution in [-0.4, -0.2) is 51.0 Å². The number of rotatable bonds is 7. The topological polar surface area (TPSA) is 65.1 Å². The third-order valence-corrected chi connectivity index (χ3v) is 5.95. The number of carbonyl (C=O) groups is 2. The highest BCUT2D eigenvalue weighted by molar-refractivity contribution is 5.99. The summed E-state index contributed by atoms with van der Waals surface area (Å²) in [6.45, 7) is 5.19. The number of ether oxygens (including phenoxy) is 3. The summed E-state index contributed by atoms with van der Waals surface area (Å²) in [5.41, 5.74) is 3.77. The van der Waals surface area contributed by atoms with E-state index in [0.29, 0.717) is 43.2 Å². The zero-order valence-electron chi connectivity index (χ0n) is 19.0. The van der Waals surface area contributed by atoms with Gasteiger partial charge >= 0.3 is 0 Å². The van der Waals surface area contributed by atoms with Crippen LogP contribution >= 0.6 is 0 Å². The molecule has 1 aliphatic rings. The Hall–Kier alpha value is -3.02. The quantitative estimate of drug-likeness (QED) is 0.628. The second-order valence-electron chi connectivity index (χ2n) is 8.05. The molecule has 6 heteroatoms. The minimum Gasteiger partial charge on any atom is -0.493 e. The number of amides is 1. The molecule has 1 heterocycles. The van der Waals surface area contributed by atoms with E-state index in [4.69, 9.17) is 14.2 Å². The fraction of sp³-hybridized carbons (Fsp3) is 0.440. The van der Waals surface area contributed by atoms with E-state index in [1.165, 1.54) is 0 Å². The van der Waals surface area contributed by atoms with Crippen molar-refractivity contribution in [2.45, 2.75) is 33.1 Å². The van der Waals surface area contributed by atoms with Crippen molar-refractivity contribution in [1.29, 1.82) is 0 Å². The van der Waals surface area contributed by atoms with Gasteiger partial charge in [-0.15, -0.1) is 0 Å². The van der Waals surface area contributed by atoms with Gasteiger partial charge < -0.3 is 19.1 Å². The summed E-state index contributed by atoms with van der Waals surface area (Å²) in [6, 6.07) is 9.56. The number of ketones is 1. The highest BCUT2D eigenvalue weighted by atomic mass is 16.5. The molecule has 2 aromatic rings. The lowest BCUT2D eigenvalue weighted by molar-refractivity contribution is -0.131. The van der Waals surface area contributed by atoms with Gasteiger partial charge in [0.25, 0.3) is 0 Å². The number of hydrogen-bond donors (Lipinski definition) is 0. The van der Waals surface area contributed by atoms with Crippen LogP contribution in [0.15, 0.2) is 30.3 Å². The van der Waals surface area contributed by atoms with Crippen molar-refractivity contribution in [2.24, 2.45) is 5.92 Å². The number of hydrogen-bond acceptors (Lipinski definition) is 5. The number of Topliss-reactive ketones (excluding diaryl/α,β-unsaturated/α-hetero) is 1. The summed E-state index contributed by atoms with van der Waals surface area (Å²) in [5, 5.41) is 0. The van der Waals surface area contributed by atoms with Crippen LogP contribution in [0.2, 0.25) is 0 Å². The van der Waals surface area contributed by atoms with Crippen LogP contribution < -0.4 is 14.2 Å². The van der Waals surface area contributed by atoms with Crippen molar-refractivity contribution in [3.05, 3.63) is 52.6 Å². The van der Waals surface area contributed by atoms with E-state index in [2.05, 4.69) is 0 Å². The average molecular weight is 426 g/mol. The Labute approximate surface area is 184 Å². The van der Waals surface area contributed by atoms with Gasteiger partial charge in [0, 0.05) is 24.6 Å². The summed E-state index contributed by atoms with van der Waals surface area (Å²) >= 11 is 0. The van der Waals surface area contributed by atoms with E-state index >= 15 is 0 Å². The van der Waals surface area contributed by atoms with E-state index in [1.807, 2.05) is 36.9 Å². The van der Waals surface area contributed by atoms with Crippen LogP contribution in [0, 0.1) is 19.8 Å². The maximum absolute atomic E-state index is 13.0. The molecule has 1 amide bonds. The normalized spacial score (nSPS) is 14.3. The summed E-state index contributed by atoms with van der Waals surface area (Å²) in [5.74, 6) is 1.75. The molecule has 0 radical (unpaired) electrons. The molecular weight excluding hydrogens is 394 g/mol. The van der Waals surface area contributed by atoms with Crippen LogP contribution in [0.3, 0.4) is 0 Å². The molecule has 0 atom stereocenters. The molecule has 0 aliphatic carbocycles. The lowest BCUT2D eigenvalue weighted by Crippen LogP contribution is -2.41. The Kier molecular flexibility index (Phi) is 7.21. The smallest absolute Gasteiger partial charge is 0.226 e. The van der Waals surface area contributed by atoms with Gasteiger partial charge in [-0.25, -0.2) is 0 Å². The van der Waals surface area contributed by atoms with E-state index in [9.17, 15) is 9.59 Å². The highest BCUT2D eigenvalue weighted by Gasteiger charge is 2.29. The van der Waals surface area contributed by atoms with Gasteiger partial charge in [-0.05, 0) is 49.9 Å². The predicted octanol–water partition coefficient (Wildman–Crippen LogP) is 3.99. The number of carbonyl (C=O) groups excluding carboxylic acids is 2. The molecule has 0 spiro atoms. The van der Waals surface area contributed by atoms with Gasteiger partial charge in [0.15, 0.2) is 17.3 Å². The first-order chi connectivity index (χ1) is 14.9. The predicted molar refractivity (Wildman–Crippen MR) is 119 cm³/mol. The molecule has 2 aromatic carbocycles. The van der Waals surface area contributed by atoms with Crippen LogP contribution in [-0.2, 0) is 11.2 Å². The lowest BCUT2D eigenvalue weighted by atomic mass is 9.87. The Morgan fingerprint density at radius 2 is 1.55 bits per heavy atom. The Bertz CT molecular complexity index is 935. The molecule has 0 saturated carbocycles. The number of likely N-dealkylation sites (tertiary alicyclic amines) is 1. The summed E-state index contributed by atoms with van der Waals surface area (Å²) in [4.78, 5) is 27.7. The largest absolute Gasteiger partial charge is 0.493 e. The molecule has 3 rings (SSSR count). The second kappa shape index (κ2) is 9.86. The van der Waals surface area contributed by atoms with Crippen molar-refractivity contribution >= 4 is 11.7 Å². The van der Waals surface area contributed by atoms with Crippen molar-refractivity contribution in [3.8, 4) is 17.2 Å². The minimum atomic E-state index is -0.0355. The van der Waals surface area contributed by atoms with Crippen molar-refractivity contribution in [3.63, 3.8) is 0 Å². The first-order valence-corrected chi connectivity index (χ1v) is 10.6. The number of benzene rings is 2. The number of aryl methyl sites for hydroxylation is 2. The van der Waals surface area contributed by atoms with Crippen molar-refractivity contribution in [1.82, 2.24) is 4.90 Å². The molecule has 1 fully saturated rings. The summed E-state index contributed by atoms with van der Waals surface area (Å²) in [7, 11) is 4.66. The monoisotopic (exact) mass is 425 g/mol. The third kappa shape index (κ3) is 5.01. The van der Waals surface area contributed by atoms with Crippen molar-refractivity contribution < 1.29 is 23.8 Å². The van der Waals surface area contributed by atoms with Gasteiger partial charge in [0.05, 0.1) is 27.8 Å². The summed E-state index contributed by atoms with van der Waals surface area (Å²) < 4.78 is 16.1. The van der Waals surface area contributed by atoms with Crippen LogP contribution in [0.5, 0.6) is 17.2 Å². The van der Waals surface area contributed by atoms with Gasteiger partial charge in [-0.3, -0.25) is 9.59 Å². The van der Waals surface area contributed by atoms with Crippen molar-refractivity contribution in [2.75, 3.05) is 34.4 Å². The zero-order chi connectivity index (χ0) is 22.5. The molecular formula is C25H31NO5. The van der Waals surface area contributed by atoms with E-state index < -0.39 is 0 Å². The number of piperidine rings is 1. The number of methoxy groups -OCH3 is 3. The SMILES string of the molecule is COc1cc(CC(=O)N2CCC(C(=O)c3ccc(C)cc3C)CC2)cc(OC)c1OC. The second-order valence-corrected chi connectivity index (χ2v) is 8.05. The summed E-state index contributed by atoms with van der Waals surface area (Å²) in [6.07, 6.45) is 1.62. The lowest BCUT2D eigenvalue weighted by Gasteiger charge is -2.31. The molecule has 0 N–H and O–H groups in total. The van der Waals surface area contributed by atoms with Crippen LogP contribution in [0.4, 0.5) is 0 Å². The van der Waals surface area contributed by atoms with Gasteiger partial charge in [0.1, 0.15) is 0 Å². The van der Waals surface area contributed by atoms with Gasteiger partial charge in [-0.2, -0.15) is 0 Å². The highest BCUT2D eigenvalue weighted by Crippen LogP contribution is 2.38. The molecule has 0 aromatic heterocycles. The average Bonchev–Trinajstić information content (AvgIpc) is 2.78. The van der Waals surface area contributed by atoms with E-state index in [1.54, 1.807) is 33.5 Å². The third-order valence-electron chi connectivity index (χ3n) is 5.95. The van der Waals surface area contributed by atoms with Crippen LogP contribution in [0.25, 0.3) is 0 Å². The fourth-order valence-electron chi connectivity index (χ4n) is 4.22. The number of nitrogens with zero attached hydrogens (tertiary/aromatic N) is 1. The van der Waals surface area contributed by atoms with E-state index in [-0.39, 0.29) is 24.0 Å². The molecule has 6 nitrogen and oxygen atoms in total. The fourth-order valence-corrected chi connectivity index (χ4v) is 4.22. The molecule has 166 valence electrons. The standard InChI is InChI=1S/C25H31NO5/c1-16-6-7-20(17(2)12-16)24(28)19-8-10-26(11-9-19)23(27)15-18-13-21(29-3)25(31-5)22(14-18)30-4/h6-7,12-14,19H,8-11,15H2,1-5H3.